The van der Waals surface area contributed by atoms with Crippen molar-refractivity contribution < 1.29 is 9.18 Å². The number of halogens is 3. The molecule has 1 amide bonds. The Hall–Kier alpha value is -1.04. The first kappa shape index (κ1) is 15.4. The third-order valence-corrected chi connectivity index (χ3v) is 3.79. The molecule has 1 N–H and O–H groups in total. The summed E-state index contributed by atoms with van der Waals surface area (Å²) in [7, 11) is 0. The predicted molar refractivity (Wildman–Crippen MR) is 85.1 cm³/mol. The van der Waals surface area contributed by atoms with Gasteiger partial charge in [-0.2, -0.15) is 0 Å². The molecular formula is C14H10BrClFNOS. The van der Waals surface area contributed by atoms with Crippen LogP contribution in [-0.4, -0.2) is 5.91 Å². The molecule has 2 rings (SSSR count). The number of hydrogen-bond acceptors (Lipinski definition) is 2. The Balaban J connectivity index is 2.10. The van der Waals surface area contributed by atoms with Crippen LogP contribution >= 0.6 is 40.2 Å². The number of rotatable bonds is 3. The minimum Gasteiger partial charge on any atom is -0.324 e. The molecule has 0 fully saturated rings. The summed E-state index contributed by atoms with van der Waals surface area (Å²) in [5.74, 6) is -0.699. The van der Waals surface area contributed by atoms with Crippen LogP contribution in [0.3, 0.4) is 0 Å². The molecule has 2 aromatic rings. The Morgan fingerprint density at radius 1 is 1.30 bits per heavy atom. The van der Waals surface area contributed by atoms with Crippen molar-refractivity contribution in [2.45, 2.75) is 11.3 Å². The topological polar surface area (TPSA) is 29.1 Å². The smallest absolute Gasteiger partial charge is 0.228 e. The van der Waals surface area contributed by atoms with E-state index in [1.165, 1.54) is 6.07 Å². The number of hydrogen-bond donors (Lipinski definition) is 2. The van der Waals surface area contributed by atoms with E-state index in [1.54, 1.807) is 0 Å². The first-order valence-corrected chi connectivity index (χ1v) is 7.30. The van der Waals surface area contributed by atoms with Crippen molar-refractivity contribution in [2.75, 3.05) is 5.32 Å². The van der Waals surface area contributed by atoms with Crippen LogP contribution in [-0.2, 0) is 11.2 Å². The van der Waals surface area contributed by atoms with Crippen LogP contribution in [0.25, 0.3) is 0 Å². The van der Waals surface area contributed by atoms with Crippen molar-refractivity contribution in [1.29, 1.82) is 0 Å². The lowest BCUT2D eigenvalue weighted by Gasteiger charge is -2.10. The van der Waals surface area contributed by atoms with E-state index in [0.717, 1.165) is 16.5 Å². The summed E-state index contributed by atoms with van der Waals surface area (Å²) in [5, 5.41) is 2.81. The maximum absolute atomic E-state index is 13.1. The van der Waals surface area contributed by atoms with Crippen LogP contribution in [0.4, 0.5) is 10.1 Å². The van der Waals surface area contributed by atoms with Gasteiger partial charge in [0.1, 0.15) is 5.82 Å². The molecule has 0 saturated carbocycles. The molecule has 0 aliphatic carbocycles. The molecule has 0 heterocycles. The Morgan fingerprint density at radius 2 is 1.95 bits per heavy atom. The standard InChI is InChI=1S/C14H10BrClFNOS/c15-11-6-9(17)7-12(16)14(11)18-13(19)5-8-1-3-10(20)4-2-8/h1-4,6-7,20H,5H2,(H,18,19). The van der Waals surface area contributed by atoms with Crippen LogP contribution in [0.15, 0.2) is 45.8 Å². The maximum Gasteiger partial charge on any atom is 0.228 e. The highest BCUT2D eigenvalue weighted by atomic mass is 79.9. The average molecular weight is 375 g/mol. The Bertz CT molecular complexity index is 625. The third kappa shape index (κ3) is 3.98. The van der Waals surface area contributed by atoms with Crippen LogP contribution in [0.5, 0.6) is 0 Å². The van der Waals surface area contributed by atoms with Gasteiger partial charge in [0.2, 0.25) is 5.91 Å². The number of nitrogens with one attached hydrogen (secondary N) is 1. The van der Waals surface area contributed by atoms with Gasteiger partial charge in [0.15, 0.2) is 0 Å². The molecule has 6 heteroatoms. The van der Waals surface area contributed by atoms with Gasteiger partial charge in [0.25, 0.3) is 0 Å². The second-order valence-electron chi connectivity index (χ2n) is 4.14. The largest absolute Gasteiger partial charge is 0.324 e. The molecule has 0 unspecified atom stereocenters. The van der Waals surface area contributed by atoms with Gasteiger partial charge >= 0.3 is 0 Å². The summed E-state index contributed by atoms with van der Waals surface area (Å²) in [6, 6.07) is 9.67. The van der Waals surface area contributed by atoms with Crippen molar-refractivity contribution in [3.8, 4) is 0 Å². The molecule has 0 saturated heterocycles. The molecule has 2 nitrogen and oxygen atoms in total. The normalized spacial score (nSPS) is 10.4. The fourth-order valence-corrected chi connectivity index (χ4v) is 2.69. The maximum atomic E-state index is 13.1. The van der Waals surface area contributed by atoms with Gasteiger partial charge in [0, 0.05) is 9.37 Å². The summed E-state index contributed by atoms with van der Waals surface area (Å²) in [4.78, 5) is 12.8. The van der Waals surface area contributed by atoms with Gasteiger partial charge < -0.3 is 5.32 Å². The lowest BCUT2D eigenvalue weighted by atomic mass is 10.1. The van der Waals surface area contributed by atoms with E-state index in [2.05, 4.69) is 33.9 Å². The molecule has 104 valence electrons. The molecule has 20 heavy (non-hydrogen) atoms. The van der Waals surface area contributed by atoms with Crippen LogP contribution < -0.4 is 5.32 Å². The zero-order valence-corrected chi connectivity index (χ0v) is 13.4. The first-order valence-electron chi connectivity index (χ1n) is 5.68. The van der Waals surface area contributed by atoms with E-state index < -0.39 is 5.82 Å². The molecule has 0 aliphatic heterocycles. The number of carbonyl (C=O) groups excluding carboxylic acids is 1. The molecule has 0 aromatic heterocycles. The molecule has 0 spiro atoms. The van der Waals surface area contributed by atoms with E-state index in [4.69, 9.17) is 11.6 Å². The highest BCUT2D eigenvalue weighted by molar-refractivity contribution is 9.10. The molecule has 0 aliphatic rings. The number of carbonyl (C=O) groups is 1. The minimum atomic E-state index is -0.468. The summed E-state index contributed by atoms with van der Waals surface area (Å²) >= 11 is 13.3. The van der Waals surface area contributed by atoms with Crippen LogP contribution in [0.1, 0.15) is 5.56 Å². The summed E-state index contributed by atoms with van der Waals surface area (Å²) in [6.07, 6.45) is 0.203. The number of amides is 1. The van der Waals surface area contributed by atoms with Crippen molar-refractivity contribution in [1.82, 2.24) is 0 Å². The molecule has 2 aromatic carbocycles. The lowest BCUT2D eigenvalue weighted by molar-refractivity contribution is -0.115. The van der Waals surface area contributed by atoms with Gasteiger partial charge in [-0.05, 0) is 45.8 Å². The molecule has 0 radical (unpaired) electrons. The zero-order chi connectivity index (χ0) is 14.7. The Labute approximate surface area is 134 Å². The zero-order valence-electron chi connectivity index (χ0n) is 10.2. The van der Waals surface area contributed by atoms with E-state index in [-0.39, 0.29) is 17.4 Å². The summed E-state index contributed by atoms with van der Waals surface area (Å²) in [5.41, 5.74) is 1.22. The predicted octanol–water partition coefficient (Wildman–Crippen LogP) is 4.71. The van der Waals surface area contributed by atoms with Gasteiger partial charge in [-0.3, -0.25) is 4.79 Å². The number of thiol groups is 1. The second-order valence-corrected chi connectivity index (χ2v) is 5.91. The molecule has 0 bridgehead atoms. The quantitative estimate of drug-likeness (QED) is 0.748. The average Bonchev–Trinajstić information content (AvgIpc) is 2.36. The van der Waals surface area contributed by atoms with E-state index in [0.29, 0.717) is 10.2 Å². The van der Waals surface area contributed by atoms with Crippen molar-refractivity contribution in [2.24, 2.45) is 0 Å². The number of benzene rings is 2. The van der Waals surface area contributed by atoms with Gasteiger partial charge in [-0.15, -0.1) is 12.6 Å². The Kier molecular flexibility index (Phi) is 5.07. The van der Waals surface area contributed by atoms with Gasteiger partial charge in [0.05, 0.1) is 17.1 Å². The highest BCUT2D eigenvalue weighted by Gasteiger charge is 2.11. The van der Waals surface area contributed by atoms with E-state index in [1.807, 2.05) is 24.3 Å². The monoisotopic (exact) mass is 373 g/mol. The lowest BCUT2D eigenvalue weighted by Crippen LogP contribution is -2.15. The summed E-state index contributed by atoms with van der Waals surface area (Å²) in [6.45, 7) is 0. The van der Waals surface area contributed by atoms with Crippen LogP contribution in [0.2, 0.25) is 5.02 Å². The second kappa shape index (κ2) is 6.61. The number of anilines is 1. The van der Waals surface area contributed by atoms with Gasteiger partial charge in [-0.1, -0.05) is 23.7 Å². The van der Waals surface area contributed by atoms with Crippen molar-refractivity contribution >= 4 is 51.8 Å². The van der Waals surface area contributed by atoms with Crippen molar-refractivity contribution in [3.63, 3.8) is 0 Å². The molecular weight excluding hydrogens is 365 g/mol. The fraction of sp³-hybridized carbons (Fsp3) is 0.0714. The SMILES string of the molecule is O=C(Cc1ccc(S)cc1)Nc1c(Cl)cc(F)cc1Br. The van der Waals surface area contributed by atoms with E-state index in [9.17, 15) is 9.18 Å². The third-order valence-electron chi connectivity index (χ3n) is 2.57. The fourth-order valence-electron chi connectivity index (χ4n) is 1.64. The van der Waals surface area contributed by atoms with E-state index >= 15 is 0 Å². The van der Waals surface area contributed by atoms with Crippen LogP contribution in [0, 0.1) is 5.82 Å². The first-order chi connectivity index (χ1) is 9.45. The molecule has 0 atom stereocenters. The minimum absolute atomic E-state index is 0.149. The summed E-state index contributed by atoms with van der Waals surface area (Å²) < 4.78 is 13.5. The van der Waals surface area contributed by atoms with Crippen molar-refractivity contribution in [3.05, 3.63) is 57.3 Å². The highest BCUT2D eigenvalue weighted by Crippen LogP contribution is 2.31. The van der Waals surface area contributed by atoms with Gasteiger partial charge in [-0.25, -0.2) is 4.39 Å². The Morgan fingerprint density at radius 3 is 2.55 bits per heavy atom.